The Morgan fingerprint density at radius 2 is 2.25 bits per heavy atom. The van der Waals surface area contributed by atoms with E-state index in [4.69, 9.17) is 4.74 Å². The molecule has 0 amide bonds. The third-order valence-corrected chi connectivity index (χ3v) is 2.59. The first-order valence-electron chi connectivity index (χ1n) is 5.19. The Morgan fingerprint density at radius 1 is 1.50 bits per heavy atom. The van der Waals surface area contributed by atoms with Gasteiger partial charge in [0.2, 0.25) is 0 Å². The van der Waals surface area contributed by atoms with E-state index in [0.717, 1.165) is 5.69 Å². The van der Waals surface area contributed by atoms with Crippen LogP contribution in [0.25, 0.3) is 11.0 Å². The molecule has 0 radical (unpaired) electrons. The van der Waals surface area contributed by atoms with Crippen molar-refractivity contribution >= 4 is 11.0 Å². The first-order chi connectivity index (χ1) is 7.63. The molecule has 0 aliphatic heterocycles. The number of rotatable bonds is 3. The summed E-state index contributed by atoms with van der Waals surface area (Å²) in [5, 5.41) is 0.638. The highest BCUT2D eigenvalue weighted by molar-refractivity contribution is 5.75. The van der Waals surface area contributed by atoms with E-state index in [1.165, 1.54) is 0 Å². The molecule has 1 N–H and O–H groups in total. The lowest BCUT2D eigenvalue weighted by Gasteiger charge is -2.07. The van der Waals surface area contributed by atoms with Gasteiger partial charge in [-0.1, -0.05) is 0 Å². The van der Waals surface area contributed by atoms with E-state index in [9.17, 15) is 4.79 Å². The van der Waals surface area contributed by atoms with Crippen molar-refractivity contribution in [3.63, 3.8) is 0 Å². The molecule has 5 heteroatoms. The van der Waals surface area contributed by atoms with Crippen molar-refractivity contribution in [1.82, 2.24) is 14.5 Å². The van der Waals surface area contributed by atoms with Gasteiger partial charge in [0.1, 0.15) is 11.5 Å². The Hall–Kier alpha value is -1.62. The summed E-state index contributed by atoms with van der Waals surface area (Å²) in [6.45, 7) is 4.79. The highest BCUT2D eigenvalue weighted by Gasteiger charge is 2.09. The molecule has 0 atom stereocenters. The number of fused-ring (bicyclic) bond motifs is 1. The number of methoxy groups -OCH3 is 1. The van der Waals surface area contributed by atoms with Crippen molar-refractivity contribution < 1.29 is 4.74 Å². The third kappa shape index (κ3) is 1.74. The van der Waals surface area contributed by atoms with Crippen LogP contribution >= 0.6 is 0 Å². The SMILES string of the molecule is COCCn1c(C)nc2[nH]c(C)cc2c1=O. The second-order valence-corrected chi connectivity index (χ2v) is 3.82. The van der Waals surface area contributed by atoms with Gasteiger partial charge in [-0.2, -0.15) is 0 Å². The van der Waals surface area contributed by atoms with E-state index < -0.39 is 0 Å². The van der Waals surface area contributed by atoms with Crippen molar-refractivity contribution in [3.05, 3.63) is 27.9 Å². The third-order valence-electron chi connectivity index (χ3n) is 2.59. The molecular formula is C11H15N3O2. The van der Waals surface area contributed by atoms with Crippen LogP contribution in [0.4, 0.5) is 0 Å². The van der Waals surface area contributed by atoms with Crippen molar-refractivity contribution in [1.29, 1.82) is 0 Å². The number of H-pyrrole nitrogens is 1. The maximum absolute atomic E-state index is 12.1. The van der Waals surface area contributed by atoms with Crippen molar-refractivity contribution in [2.24, 2.45) is 0 Å². The lowest BCUT2D eigenvalue weighted by molar-refractivity contribution is 0.185. The van der Waals surface area contributed by atoms with Gasteiger partial charge in [-0.05, 0) is 19.9 Å². The van der Waals surface area contributed by atoms with Gasteiger partial charge in [0.25, 0.3) is 5.56 Å². The summed E-state index contributed by atoms with van der Waals surface area (Å²) in [6.07, 6.45) is 0. The summed E-state index contributed by atoms with van der Waals surface area (Å²) in [5.41, 5.74) is 1.60. The number of ether oxygens (including phenoxy) is 1. The van der Waals surface area contributed by atoms with Crippen LogP contribution in [0.1, 0.15) is 11.5 Å². The number of aromatic nitrogens is 3. The lowest BCUT2D eigenvalue weighted by atomic mass is 10.3. The number of aromatic amines is 1. The van der Waals surface area contributed by atoms with Crippen LogP contribution in [-0.2, 0) is 11.3 Å². The lowest BCUT2D eigenvalue weighted by Crippen LogP contribution is -2.25. The number of nitrogens with zero attached hydrogens (tertiary/aromatic N) is 2. The van der Waals surface area contributed by atoms with Gasteiger partial charge in [-0.15, -0.1) is 0 Å². The minimum Gasteiger partial charge on any atom is -0.383 e. The summed E-state index contributed by atoms with van der Waals surface area (Å²) in [7, 11) is 1.62. The average molecular weight is 221 g/mol. The topological polar surface area (TPSA) is 59.9 Å². The fraction of sp³-hybridized carbons (Fsp3) is 0.455. The Kier molecular flexibility index (Phi) is 2.78. The van der Waals surface area contributed by atoms with E-state index in [-0.39, 0.29) is 5.56 Å². The predicted molar refractivity (Wildman–Crippen MR) is 61.7 cm³/mol. The van der Waals surface area contributed by atoms with Gasteiger partial charge in [0.05, 0.1) is 18.5 Å². The Balaban J connectivity index is 2.60. The Labute approximate surface area is 93.1 Å². The zero-order chi connectivity index (χ0) is 11.7. The van der Waals surface area contributed by atoms with Crippen LogP contribution in [0.3, 0.4) is 0 Å². The van der Waals surface area contributed by atoms with E-state index in [1.807, 2.05) is 19.9 Å². The molecule has 0 aromatic carbocycles. The molecule has 2 aromatic heterocycles. The van der Waals surface area contributed by atoms with Crippen LogP contribution in [-0.4, -0.2) is 28.3 Å². The Morgan fingerprint density at radius 3 is 2.94 bits per heavy atom. The van der Waals surface area contributed by atoms with Gasteiger partial charge in [-0.25, -0.2) is 4.98 Å². The number of hydrogen-bond acceptors (Lipinski definition) is 3. The molecule has 0 aliphatic rings. The minimum atomic E-state index is -0.0103. The van der Waals surface area contributed by atoms with Gasteiger partial charge in [0, 0.05) is 12.8 Å². The zero-order valence-corrected chi connectivity index (χ0v) is 9.70. The summed E-state index contributed by atoms with van der Waals surface area (Å²) in [4.78, 5) is 19.5. The molecule has 0 bridgehead atoms. The predicted octanol–water partition coefficient (Wildman–Crippen LogP) is 0.988. The zero-order valence-electron chi connectivity index (χ0n) is 9.70. The van der Waals surface area contributed by atoms with E-state index in [0.29, 0.717) is 30.0 Å². The minimum absolute atomic E-state index is 0.0103. The maximum atomic E-state index is 12.1. The molecule has 2 heterocycles. The van der Waals surface area contributed by atoms with E-state index in [2.05, 4.69) is 9.97 Å². The van der Waals surface area contributed by atoms with Crippen LogP contribution in [0, 0.1) is 13.8 Å². The molecule has 2 rings (SSSR count). The average Bonchev–Trinajstić information content (AvgIpc) is 2.59. The molecule has 5 nitrogen and oxygen atoms in total. The first kappa shape index (κ1) is 10.9. The summed E-state index contributed by atoms with van der Waals surface area (Å²) in [6, 6.07) is 1.83. The monoisotopic (exact) mass is 221 g/mol. The number of hydrogen-bond donors (Lipinski definition) is 1. The second kappa shape index (κ2) is 4.09. The maximum Gasteiger partial charge on any atom is 0.263 e. The quantitative estimate of drug-likeness (QED) is 0.840. The highest BCUT2D eigenvalue weighted by Crippen LogP contribution is 2.08. The largest absolute Gasteiger partial charge is 0.383 e. The van der Waals surface area contributed by atoms with Crippen LogP contribution in [0.2, 0.25) is 0 Å². The standard InChI is InChI=1S/C11H15N3O2/c1-7-6-9-10(12-7)13-8(2)14(11(9)15)4-5-16-3/h6,12H,4-5H2,1-3H3. The van der Waals surface area contributed by atoms with Crippen LogP contribution in [0.5, 0.6) is 0 Å². The van der Waals surface area contributed by atoms with Gasteiger partial charge in [-0.3, -0.25) is 9.36 Å². The van der Waals surface area contributed by atoms with Crippen LogP contribution in [0.15, 0.2) is 10.9 Å². The first-order valence-corrected chi connectivity index (χ1v) is 5.19. The summed E-state index contributed by atoms with van der Waals surface area (Å²) in [5.74, 6) is 0.705. The fourth-order valence-corrected chi connectivity index (χ4v) is 1.79. The van der Waals surface area contributed by atoms with Crippen molar-refractivity contribution in [2.75, 3.05) is 13.7 Å². The number of nitrogens with one attached hydrogen (secondary N) is 1. The molecule has 0 spiro atoms. The van der Waals surface area contributed by atoms with Gasteiger partial charge >= 0.3 is 0 Å². The van der Waals surface area contributed by atoms with E-state index in [1.54, 1.807) is 11.7 Å². The molecule has 0 saturated carbocycles. The Bertz CT molecular complexity index is 568. The summed E-state index contributed by atoms with van der Waals surface area (Å²) < 4.78 is 6.62. The van der Waals surface area contributed by atoms with Crippen molar-refractivity contribution in [3.8, 4) is 0 Å². The molecule has 0 unspecified atom stereocenters. The molecule has 86 valence electrons. The van der Waals surface area contributed by atoms with Crippen LogP contribution < -0.4 is 5.56 Å². The van der Waals surface area contributed by atoms with Crippen molar-refractivity contribution in [2.45, 2.75) is 20.4 Å². The highest BCUT2D eigenvalue weighted by atomic mass is 16.5. The molecular weight excluding hydrogens is 206 g/mol. The van der Waals surface area contributed by atoms with Gasteiger partial charge < -0.3 is 9.72 Å². The smallest absolute Gasteiger partial charge is 0.263 e. The molecule has 0 saturated heterocycles. The summed E-state index contributed by atoms with van der Waals surface area (Å²) >= 11 is 0. The van der Waals surface area contributed by atoms with E-state index >= 15 is 0 Å². The normalized spacial score (nSPS) is 11.2. The van der Waals surface area contributed by atoms with Gasteiger partial charge in [0.15, 0.2) is 0 Å². The number of aryl methyl sites for hydroxylation is 2. The molecule has 16 heavy (non-hydrogen) atoms. The second-order valence-electron chi connectivity index (χ2n) is 3.82. The fourth-order valence-electron chi connectivity index (χ4n) is 1.79. The molecule has 0 aliphatic carbocycles. The molecule has 0 fully saturated rings. The molecule has 2 aromatic rings.